The topological polar surface area (TPSA) is 103 Å². The highest BCUT2D eigenvalue weighted by atomic mass is 16.6. The largest absolute Gasteiger partial charge is 0.368 e. The predicted molar refractivity (Wildman–Crippen MR) is 72.9 cm³/mol. The van der Waals surface area contributed by atoms with Gasteiger partial charge in [0.25, 0.3) is 0 Å². The Morgan fingerprint density at radius 1 is 1.35 bits per heavy atom. The summed E-state index contributed by atoms with van der Waals surface area (Å²) < 4.78 is 5.05. The summed E-state index contributed by atoms with van der Waals surface area (Å²) in [5, 5.41) is 19.0. The second kappa shape index (κ2) is 5.72. The van der Waals surface area contributed by atoms with Crippen LogP contribution in [0.1, 0.15) is 0 Å². The van der Waals surface area contributed by atoms with E-state index in [1.807, 2.05) is 18.2 Å². The van der Waals surface area contributed by atoms with Gasteiger partial charge in [0.15, 0.2) is 6.10 Å². The number of rotatable bonds is 4. The third-order valence-electron chi connectivity index (χ3n) is 2.91. The number of benzene rings is 1. The molecular formula is C13H14N4O3. The average Bonchev–Trinajstić information content (AvgIpc) is 2.47. The summed E-state index contributed by atoms with van der Waals surface area (Å²) in [4.78, 5) is 10.4. The smallest absolute Gasteiger partial charge is 0.321 e. The van der Waals surface area contributed by atoms with E-state index in [0.717, 1.165) is 0 Å². The van der Waals surface area contributed by atoms with Gasteiger partial charge in [-0.25, -0.2) is 0 Å². The van der Waals surface area contributed by atoms with Crippen molar-refractivity contribution >= 4 is 5.69 Å². The first-order valence-electron chi connectivity index (χ1n) is 5.90. The van der Waals surface area contributed by atoms with Crippen molar-refractivity contribution in [2.45, 2.75) is 11.8 Å². The van der Waals surface area contributed by atoms with Gasteiger partial charge in [-0.1, -0.05) is 18.2 Å². The Morgan fingerprint density at radius 3 is 2.65 bits per heavy atom. The minimum absolute atomic E-state index is 0.462. The second-order valence-corrected chi connectivity index (χ2v) is 4.26. The van der Waals surface area contributed by atoms with Gasteiger partial charge in [0.1, 0.15) is 0 Å². The van der Waals surface area contributed by atoms with E-state index in [1.165, 1.54) is 25.3 Å². The lowest BCUT2D eigenvalue weighted by Gasteiger charge is -2.25. The van der Waals surface area contributed by atoms with Crippen LogP contribution >= 0.6 is 0 Å². The summed E-state index contributed by atoms with van der Waals surface area (Å²) in [6.45, 7) is 0. The van der Waals surface area contributed by atoms with Crippen LogP contribution in [-0.2, 0) is 4.74 Å². The second-order valence-electron chi connectivity index (χ2n) is 4.26. The van der Waals surface area contributed by atoms with Crippen molar-refractivity contribution in [2.24, 2.45) is 16.0 Å². The summed E-state index contributed by atoms with van der Waals surface area (Å²) >= 11 is 0. The van der Waals surface area contributed by atoms with E-state index >= 15 is 0 Å². The molecule has 2 atom stereocenters. The fourth-order valence-corrected chi connectivity index (χ4v) is 1.76. The summed E-state index contributed by atoms with van der Waals surface area (Å²) in [5.41, 5.74) is 5.07. The summed E-state index contributed by atoms with van der Waals surface area (Å²) in [5.74, 6) is 0. The zero-order chi connectivity index (χ0) is 14.6. The lowest BCUT2D eigenvalue weighted by Crippen LogP contribution is -2.56. The summed E-state index contributed by atoms with van der Waals surface area (Å²) in [6.07, 6.45) is 3.31. The van der Waals surface area contributed by atoms with Crippen LogP contribution < -0.4 is 5.73 Å². The van der Waals surface area contributed by atoms with E-state index in [4.69, 9.17) is 10.5 Å². The van der Waals surface area contributed by atoms with Crippen molar-refractivity contribution < 1.29 is 9.66 Å². The maximum atomic E-state index is 11.0. The van der Waals surface area contributed by atoms with Gasteiger partial charge in [0.2, 0.25) is 0 Å². The SMILES string of the molecule is COC1C=C(N=Nc2ccccc2)C=CC1(N)[N+](=O)[O-]. The van der Waals surface area contributed by atoms with Crippen LogP contribution in [0.4, 0.5) is 5.69 Å². The fraction of sp³-hybridized carbons (Fsp3) is 0.231. The molecule has 104 valence electrons. The minimum Gasteiger partial charge on any atom is -0.368 e. The summed E-state index contributed by atoms with van der Waals surface area (Å²) in [7, 11) is 1.36. The zero-order valence-electron chi connectivity index (χ0n) is 10.8. The van der Waals surface area contributed by atoms with Crippen molar-refractivity contribution in [3.8, 4) is 0 Å². The summed E-state index contributed by atoms with van der Waals surface area (Å²) in [6, 6.07) is 9.16. The molecule has 1 aliphatic rings. The highest BCUT2D eigenvalue weighted by Crippen LogP contribution is 2.24. The van der Waals surface area contributed by atoms with Crippen LogP contribution in [0.5, 0.6) is 0 Å². The van der Waals surface area contributed by atoms with Crippen LogP contribution in [0.3, 0.4) is 0 Å². The number of ether oxygens (including phenoxy) is 1. The molecule has 0 saturated carbocycles. The third kappa shape index (κ3) is 2.79. The van der Waals surface area contributed by atoms with E-state index in [-0.39, 0.29) is 0 Å². The Morgan fingerprint density at radius 2 is 2.05 bits per heavy atom. The van der Waals surface area contributed by atoms with Gasteiger partial charge in [-0.15, -0.1) is 0 Å². The zero-order valence-corrected chi connectivity index (χ0v) is 10.8. The fourth-order valence-electron chi connectivity index (χ4n) is 1.76. The Labute approximate surface area is 115 Å². The molecule has 0 aliphatic heterocycles. The van der Waals surface area contributed by atoms with Crippen molar-refractivity contribution in [2.75, 3.05) is 7.11 Å². The number of nitro groups is 1. The number of allylic oxidation sites excluding steroid dienone is 1. The molecule has 7 nitrogen and oxygen atoms in total. The minimum atomic E-state index is -1.78. The number of hydrogen-bond donors (Lipinski definition) is 1. The maximum absolute atomic E-state index is 11.0. The Balaban J connectivity index is 2.20. The van der Waals surface area contributed by atoms with Gasteiger partial charge in [0.05, 0.1) is 11.4 Å². The van der Waals surface area contributed by atoms with E-state index in [2.05, 4.69) is 10.2 Å². The molecule has 7 heteroatoms. The highest BCUT2D eigenvalue weighted by Gasteiger charge is 2.45. The number of hydrogen-bond acceptors (Lipinski definition) is 6. The molecule has 1 aliphatic carbocycles. The van der Waals surface area contributed by atoms with Gasteiger partial charge >= 0.3 is 5.66 Å². The van der Waals surface area contributed by atoms with Crippen molar-refractivity contribution in [1.82, 2.24) is 0 Å². The van der Waals surface area contributed by atoms with Gasteiger partial charge in [-0.2, -0.15) is 10.2 Å². The maximum Gasteiger partial charge on any atom is 0.321 e. The number of nitrogens with zero attached hydrogens (tertiary/aromatic N) is 3. The first-order valence-corrected chi connectivity index (χ1v) is 5.90. The molecule has 20 heavy (non-hydrogen) atoms. The molecule has 0 heterocycles. The normalized spacial score (nSPS) is 25.7. The monoisotopic (exact) mass is 274 g/mol. The van der Waals surface area contributed by atoms with Crippen LogP contribution in [0.2, 0.25) is 0 Å². The quantitative estimate of drug-likeness (QED) is 0.393. The van der Waals surface area contributed by atoms with Crippen LogP contribution in [0.15, 0.2) is 64.5 Å². The molecule has 0 aromatic heterocycles. The molecule has 0 bridgehead atoms. The molecule has 0 saturated heterocycles. The van der Waals surface area contributed by atoms with E-state index in [1.54, 1.807) is 12.1 Å². The van der Waals surface area contributed by atoms with Crippen LogP contribution in [-0.4, -0.2) is 23.8 Å². The molecule has 2 N–H and O–H groups in total. The Kier molecular flexibility index (Phi) is 4.02. The molecular weight excluding hydrogens is 260 g/mol. The first-order chi connectivity index (χ1) is 9.56. The lowest BCUT2D eigenvalue weighted by molar-refractivity contribution is -0.564. The Hall–Kier alpha value is -2.38. The van der Waals surface area contributed by atoms with Crippen molar-refractivity contribution in [1.29, 1.82) is 0 Å². The van der Waals surface area contributed by atoms with Crippen LogP contribution in [0.25, 0.3) is 0 Å². The average molecular weight is 274 g/mol. The van der Waals surface area contributed by atoms with Crippen LogP contribution in [0, 0.1) is 10.1 Å². The molecule has 1 aromatic carbocycles. The number of methoxy groups -OCH3 is 1. The first kappa shape index (κ1) is 14.0. The third-order valence-corrected chi connectivity index (χ3v) is 2.91. The van der Waals surface area contributed by atoms with Crippen molar-refractivity contribution in [3.05, 3.63) is 64.4 Å². The molecule has 0 amide bonds. The van der Waals surface area contributed by atoms with Gasteiger partial charge < -0.3 is 4.74 Å². The lowest BCUT2D eigenvalue weighted by atomic mass is 9.98. The molecule has 2 unspecified atom stereocenters. The highest BCUT2D eigenvalue weighted by molar-refractivity contribution is 5.36. The molecule has 0 radical (unpaired) electrons. The van der Waals surface area contributed by atoms with E-state index < -0.39 is 16.7 Å². The van der Waals surface area contributed by atoms with Gasteiger partial charge in [-0.05, 0) is 24.3 Å². The van der Waals surface area contributed by atoms with Gasteiger partial charge in [-0.3, -0.25) is 15.8 Å². The number of nitrogens with two attached hydrogens (primary N) is 1. The standard InChI is InChI=1S/C13H14N4O3/c1-20-12-9-11(7-8-13(12,14)17(18)19)16-15-10-5-3-2-4-6-10/h2-9,12H,14H2,1H3. The van der Waals surface area contributed by atoms with E-state index in [0.29, 0.717) is 11.4 Å². The predicted octanol–water partition coefficient (Wildman–Crippen LogP) is 2.17. The molecule has 0 fully saturated rings. The number of azo groups is 1. The van der Waals surface area contributed by atoms with Gasteiger partial charge in [0, 0.05) is 18.1 Å². The molecule has 1 aromatic rings. The van der Waals surface area contributed by atoms with Crippen molar-refractivity contribution in [3.63, 3.8) is 0 Å². The molecule has 0 spiro atoms. The van der Waals surface area contributed by atoms with E-state index in [9.17, 15) is 10.1 Å². The molecule has 2 rings (SSSR count). The Bertz CT molecular complexity index is 583.